The lowest BCUT2D eigenvalue weighted by Crippen LogP contribution is -2.40. The third-order valence-corrected chi connectivity index (χ3v) is 2.85. The molecule has 0 aliphatic heterocycles. The third kappa shape index (κ3) is 4.99. The number of hydrogen-bond donors (Lipinski definition) is 1. The van der Waals surface area contributed by atoms with Gasteiger partial charge in [0.1, 0.15) is 5.82 Å². The first-order chi connectivity index (χ1) is 9.58. The van der Waals surface area contributed by atoms with Gasteiger partial charge in [-0.15, -0.1) is 0 Å². The molecular weight excluding hydrogens is 259 g/mol. The Morgan fingerprint density at radius 2 is 1.65 bits per heavy atom. The minimum absolute atomic E-state index is 0.0315. The molecule has 1 rings (SSSR count). The van der Waals surface area contributed by atoms with Crippen molar-refractivity contribution in [1.29, 1.82) is 0 Å². The number of hydrogen-bond acceptors (Lipinski definition) is 2. The van der Waals surface area contributed by atoms with Crippen LogP contribution in [0.5, 0.6) is 0 Å². The lowest BCUT2D eigenvalue weighted by molar-refractivity contribution is -0.130. The molecule has 5 heteroatoms. The smallest absolute Gasteiger partial charge is 0.251 e. The number of benzene rings is 1. The summed E-state index contributed by atoms with van der Waals surface area (Å²) in [5, 5.41) is 2.56. The number of amides is 2. The topological polar surface area (TPSA) is 49.4 Å². The fraction of sp³-hybridized carbons (Fsp3) is 0.467. The molecule has 4 nitrogen and oxygen atoms in total. The van der Waals surface area contributed by atoms with Gasteiger partial charge in [-0.25, -0.2) is 4.39 Å². The Labute approximate surface area is 119 Å². The minimum Gasteiger partial charge on any atom is -0.343 e. The van der Waals surface area contributed by atoms with Crippen LogP contribution in [0.25, 0.3) is 0 Å². The maximum atomic E-state index is 12.7. The Balaban J connectivity index is 2.50. The summed E-state index contributed by atoms with van der Waals surface area (Å²) in [5.41, 5.74) is 0.344. The number of halogens is 1. The van der Waals surface area contributed by atoms with Gasteiger partial charge in [-0.1, -0.05) is 13.8 Å². The zero-order chi connectivity index (χ0) is 15.0. The van der Waals surface area contributed by atoms with Gasteiger partial charge in [-0.3, -0.25) is 9.59 Å². The van der Waals surface area contributed by atoms with Crippen molar-refractivity contribution < 1.29 is 14.0 Å². The Morgan fingerprint density at radius 1 is 1.10 bits per heavy atom. The maximum absolute atomic E-state index is 12.7. The molecule has 1 N–H and O–H groups in total. The Kier molecular flexibility index (Phi) is 6.70. The van der Waals surface area contributed by atoms with Gasteiger partial charge in [-0.2, -0.15) is 0 Å². The van der Waals surface area contributed by atoms with E-state index in [9.17, 15) is 14.0 Å². The highest BCUT2D eigenvalue weighted by Crippen LogP contribution is 2.02. The van der Waals surface area contributed by atoms with Gasteiger partial charge in [0.15, 0.2) is 0 Å². The van der Waals surface area contributed by atoms with Crippen molar-refractivity contribution in [3.63, 3.8) is 0 Å². The number of carbonyl (C=O) groups is 2. The van der Waals surface area contributed by atoms with E-state index in [0.717, 1.165) is 12.8 Å². The molecule has 110 valence electrons. The number of nitrogens with one attached hydrogen (secondary N) is 1. The summed E-state index contributed by atoms with van der Waals surface area (Å²) in [6.45, 7) is 5.37. The predicted molar refractivity (Wildman–Crippen MR) is 75.9 cm³/mol. The molecule has 0 unspecified atom stereocenters. The highest BCUT2D eigenvalue weighted by atomic mass is 19.1. The van der Waals surface area contributed by atoms with Gasteiger partial charge in [0.05, 0.1) is 6.54 Å². The first-order valence-corrected chi connectivity index (χ1v) is 6.90. The Hall–Kier alpha value is -1.91. The summed E-state index contributed by atoms with van der Waals surface area (Å²) in [6.07, 6.45) is 1.77. The molecule has 0 radical (unpaired) electrons. The largest absolute Gasteiger partial charge is 0.343 e. The van der Waals surface area contributed by atoms with Crippen LogP contribution in [0.3, 0.4) is 0 Å². The summed E-state index contributed by atoms with van der Waals surface area (Å²) in [7, 11) is 0. The summed E-state index contributed by atoms with van der Waals surface area (Å²) >= 11 is 0. The van der Waals surface area contributed by atoms with Crippen LogP contribution in [0.15, 0.2) is 24.3 Å². The summed E-state index contributed by atoms with van der Waals surface area (Å²) in [4.78, 5) is 25.5. The van der Waals surface area contributed by atoms with Crippen LogP contribution in [0.2, 0.25) is 0 Å². The lowest BCUT2D eigenvalue weighted by atomic mass is 10.2. The molecule has 0 aliphatic rings. The second kappa shape index (κ2) is 8.30. The van der Waals surface area contributed by atoms with E-state index in [-0.39, 0.29) is 18.4 Å². The lowest BCUT2D eigenvalue weighted by Gasteiger charge is -2.21. The third-order valence-electron chi connectivity index (χ3n) is 2.85. The summed E-state index contributed by atoms with van der Waals surface area (Å²) in [6, 6.07) is 5.23. The van der Waals surface area contributed by atoms with Crippen molar-refractivity contribution in [1.82, 2.24) is 10.2 Å². The highest BCUT2D eigenvalue weighted by Gasteiger charge is 2.13. The molecule has 2 amide bonds. The van der Waals surface area contributed by atoms with Gasteiger partial charge < -0.3 is 10.2 Å². The van der Waals surface area contributed by atoms with Crippen LogP contribution in [0, 0.1) is 5.82 Å². The van der Waals surface area contributed by atoms with Crippen molar-refractivity contribution >= 4 is 11.8 Å². The second-order valence-corrected chi connectivity index (χ2v) is 4.57. The molecule has 1 aromatic rings. The molecule has 0 atom stereocenters. The monoisotopic (exact) mass is 280 g/mol. The fourth-order valence-corrected chi connectivity index (χ4v) is 1.87. The average Bonchev–Trinajstić information content (AvgIpc) is 2.45. The van der Waals surface area contributed by atoms with E-state index >= 15 is 0 Å². The zero-order valence-corrected chi connectivity index (χ0v) is 12.0. The van der Waals surface area contributed by atoms with Crippen LogP contribution in [-0.2, 0) is 4.79 Å². The molecule has 0 bridgehead atoms. The van der Waals surface area contributed by atoms with Gasteiger partial charge in [0.2, 0.25) is 5.91 Å². The van der Waals surface area contributed by atoms with Crippen molar-refractivity contribution in [3.8, 4) is 0 Å². The van der Waals surface area contributed by atoms with Crippen LogP contribution in [0.4, 0.5) is 4.39 Å². The highest BCUT2D eigenvalue weighted by molar-refractivity contribution is 5.96. The van der Waals surface area contributed by atoms with E-state index in [1.54, 1.807) is 4.90 Å². The van der Waals surface area contributed by atoms with E-state index in [4.69, 9.17) is 0 Å². The van der Waals surface area contributed by atoms with Crippen molar-refractivity contribution in [2.24, 2.45) is 0 Å². The Bertz CT molecular complexity index is 440. The minimum atomic E-state index is -0.394. The van der Waals surface area contributed by atoms with Crippen LogP contribution >= 0.6 is 0 Å². The van der Waals surface area contributed by atoms with Crippen molar-refractivity contribution in [3.05, 3.63) is 35.6 Å². The Morgan fingerprint density at radius 3 is 2.15 bits per heavy atom. The molecular formula is C15H21FN2O2. The standard InChI is InChI=1S/C15H21FN2O2/c1-3-9-18(10-4-2)14(19)11-17-15(20)12-5-7-13(16)8-6-12/h5-8H,3-4,9-11H2,1-2H3,(H,17,20). The summed E-state index contributed by atoms with van der Waals surface area (Å²) < 4.78 is 12.7. The van der Waals surface area contributed by atoms with E-state index in [2.05, 4.69) is 5.32 Å². The van der Waals surface area contributed by atoms with Crippen LogP contribution in [0.1, 0.15) is 37.0 Å². The normalized spacial score (nSPS) is 10.2. The SMILES string of the molecule is CCCN(CCC)C(=O)CNC(=O)c1ccc(F)cc1. The van der Waals surface area contributed by atoms with E-state index in [1.165, 1.54) is 24.3 Å². The van der Waals surface area contributed by atoms with Crippen LogP contribution < -0.4 is 5.32 Å². The van der Waals surface area contributed by atoms with Crippen LogP contribution in [-0.4, -0.2) is 36.3 Å². The molecule has 0 spiro atoms. The predicted octanol–water partition coefficient (Wildman–Crippen LogP) is 2.20. The molecule has 0 saturated heterocycles. The summed E-state index contributed by atoms with van der Waals surface area (Å²) in [5.74, 6) is -0.856. The number of nitrogens with zero attached hydrogens (tertiary/aromatic N) is 1. The second-order valence-electron chi connectivity index (χ2n) is 4.57. The zero-order valence-electron chi connectivity index (χ0n) is 12.0. The molecule has 0 saturated carbocycles. The van der Waals surface area contributed by atoms with E-state index in [1.807, 2.05) is 13.8 Å². The first-order valence-electron chi connectivity index (χ1n) is 6.90. The molecule has 0 aliphatic carbocycles. The van der Waals surface area contributed by atoms with Crippen molar-refractivity contribution in [2.75, 3.05) is 19.6 Å². The first kappa shape index (κ1) is 16.1. The van der Waals surface area contributed by atoms with Gasteiger partial charge >= 0.3 is 0 Å². The molecule has 20 heavy (non-hydrogen) atoms. The molecule has 0 fully saturated rings. The van der Waals surface area contributed by atoms with E-state index < -0.39 is 5.82 Å². The molecule has 0 heterocycles. The van der Waals surface area contributed by atoms with Crippen molar-refractivity contribution in [2.45, 2.75) is 26.7 Å². The van der Waals surface area contributed by atoms with Gasteiger partial charge in [0.25, 0.3) is 5.91 Å². The fourth-order valence-electron chi connectivity index (χ4n) is 1.87. The maximum Gasteiger partial charge on any atom is 0.251 e. The van der Waals surface area contributed by atoms with Gasteiger partial charge in [-0.05, 0) is 37.1 Å². The van der Waals surface area contributed by atoms with Gasteiger partial charge in [0, 0.05) is 18.7 Å². The number of carbonyl (C=O) groups excluding carboxylic acids is 2. The molecule has 0 aromatic heterocycles. The quantitative estimate of drug-likeness (QED) is 0.832. The molecule has 1 aromatic carbocycles. The average molecular weight is 280 g/mol. The number of rotatable bonds is 7. The van der Waals surface area contributed by atoms with E-state index in [0.29, 0.717) is 18.7 Å².